The number of carbonyl (C=O) groups excluding carboxylic acids is 2. The van der Waals surface area contributed by atoms with Gasteiger partial charge in [0.2, 0.25) is 0 Å². The first-order valence-electron chi connectivity index (χ1n) is 5.98. The van der Waals surface area contributed by atoms with Crippen molar-refractivity contribution in [3.8, 4) is 0 Å². The molecule has 0 aliphatic carbocycles. The minimum atomic E-state index is 0.103. The van der Waals surface area contributed by atoms with Gasteiger partial charge in [-0.2, -0.15) is 0 Å². The minimum Gasteiger partial charge on any atom is -0.465 e. The van der Waals surface area contributed by atoms with Crippen LogP contribution >= 0.6 is 0 Å². The van der Waals surface area contributed by atoms with Crippen molar-refractivity contribution in [2.75, 3.05) is 0 Å². The summed E-state index contributed by atoms with van der Waals surface area (Å²) in [5.74, 6) is 2.17. The van der Waals surface area contributed by atoms with Gasteiger partial charge in [0.15, 0.2) is 0 Å². The monoisotopic (exact) mass is 236 g/mol. The Hall–Kier alpha value is -1.38. The lowest BCUT2D eigenvalue weighted by molar-refractivity contribution is -0.118. The smallest absolute Gasteiger partial charge is 0.130 e. The maximum Gasteiger partial charge on any atom is 0.130 e. The first-order chi connectivity index (χ1) is 7.90. The van der Waals surface area contributed by atoms with Crippen molar-refractivity contribution in [2.24, 2.45) is 0 Å². The Morgan fingerprint density at radius 1 is 1.00 bits per heavy atom. The summed E-state index contributed by atoms with van der Waals surface area (Å²) in [5.41, 5.74) is 0. The molecule has 0 spiro atoms. The molecule has 0 aliphatic rings. The van der Waals surface area contributed by atoms with E-state index in [2.05, 4.69) is 0 Å². The van der Waals surface area contributed by atoms with Crippen LogP contribution in [0.3, 0.4) is 0 Å². The molecule has 0 saturated carbocycles. The lowest BCUT2D eigenvalue weighted by atomic mass is 10.0. The predicted octanol–water partition coefficient (Wildman–Crippen LogP) is 3.44. The van der Waals surface area contributed by atoms with Crippen LogP contribution in [0.5, 0.6) is 0 Å². The Morgan fingerprint density at radius 3 is 1.65 bits per heavy atom. The van der Waals surface area contributed by atoms with Gasteiger partial charge in [0, 0.05) is 24.7 Å². The fourth-order valence-corrected chi connectivity index (χ4v) is 1.96. The van der Waals surface area contributed by atoms with Gasteiger partial charge in [-0.25, -0.2) is 0 Å². The van der Waals surface area contributed by atoms with Crippen molar-refractivity contribution >= 4 is 11.6 Å². The number of Topliss-reactive ketones (excluding diaryl/α,β-unsaturated/α-hetero) is 2. The Morgan fingerprint density at radius 2 is 1.35 bits per heavy atom. The SMILES string of the molecule is CC(=O)CC(C)c1ccc(C(C)CC(C)=O)o1. The molecule has 1 aromatic rings. The molecule has 2 unspecified atom stereocenters. The summed E-state index contributed by atoms with van der Waals surface area (Å²) >= 11 is 0. The molecule has 0 bridgehead atoms. The largest absolute Gasteiger partial charge is 0.465 e. The molecule has 0 fully saturated rings. The first kappa shape index (κ1) is 13.7. The van der Waals surface area contributed by atoms with E-state index in [4.69, 9.17) is 4.42 Å². The summed E-state index contributed by atoms with van der Waals surface area (Å²) in [6, 6.07) is 3.80. The van der Waals surface area contributed by atoms with Gasteiger partial charge in [0.1, 0.15) is 23.1 Å². The molecule has 3 nitrogen and oxygen atoms in total. The van der Waals surface area contributed by atoms with Crippen molar-refractivity contribution in [1.29, 1.82) is 0 Å². The van der Waals surface area contributed by atoms with Gasteiger partial charge in [-0.15, -0.1) is 0 Å². The van der Waals surface area contributed by atoms with Gasteiger partial charge in [-0.1, -0.05) is 13.8 Å². The lowest BCUT2D eigenvalue weighted by Crippen LogP contribution is -2.00. The quantitative estimate of drug-likeness (QED) is 0.760. The molecule has 2 atom stereocenters. The Labute approximate surface area is 102 Å². The zero-order chi connectivity index (χ0) is 13.0. The molecule has 17 heavy (non-hydrogen) atoms. The summed E-state index contributed by atoms with van der Waals surface area (Å²) < 4.78 is 5.70. The van der Waals surface area contributed by atoms with E-state index in [9.17, 15) is 9.59 Å². The second-order valence-electron chi connectivity index (χ2n) is 4.85. The van der Waals surface area contributed by atoms with E-state index in [0.717, 1.165) is 11.5 Å². The van der Waals surface area contributed by atoms with Crippen LogP contribution in [-0.4, -0.2) is 11.6 Å². The van der Waals surface area contributed by atoms with Gasteiger partial charge in [-0.3, -0.25) is 0 Å². The molecule has 0 N–H and O–H groups in total. The highest BCUT2D eigenvalue weighted by Crippen LogP contribution is 2.27. The summed E-state index contributed by atoms with van der Waals surface area (Å²) in [6.07, 6.45) is 0.988. The fourth-order valence-electron chi connectivity index (χ4n) is 1.96. The van der Waals surface area contributed by atoms with Gasteiger partial charge in [0.25, 0.3) is 0 Å². The standard InChI is InChI=1S/C14H20O3/c1-9(7-11(3)15)13-5-6-14(17-13)10(2)8-12(4)16/h5-6,9-10H,7-8H2,1-4H3. The third-order valence-electron chi connectivity index (χ3n) is 2.81. The average Bonchev–Trinajstić information content (AvgIpc) is 2.63. The van der Waals surface area contributed by atoms with E-state index in [1.807, 2.05) is 26.0 Å². The lowest BCUT2D eigenvalue weighted by Gasteiger charge is -2.08. The molecule has 0 aromatic carbocycles. The molecular formula is C14H20O3. The second kappa shape index (κ2) is 5.80. The van der Waals surface area contributed by atoms with Crippen LogP contribution in [0.1, 0.15) is 63.9 Å². The van der Waals surface area contributed by atoms with Crippen LogP contribution in [0.15, 0.2) is 16.5 Å². The summed E-state index contributed by atoms with van der Waals surface area (Å²) in [6.45, 7) is 7.11. The Bertz CT molecular complexity index is 367. The number of rotatable bonds is 6. The maximum absolute atomic E-state index is 11.0. The molecule has 3 heteroatoms. The minimum absolute atomic E-state index is 0.103. The Balaban J connectivity index is 2.70. The first-order valence-corrected chi connectivity index (χ1v) is 5.98. The molecule has 1 aromatic heterocycles. The van der Waals surface area contributed by atoms with Crippen LogP contribution < -0.4 is 0 Å². The highest BCUT2D eigenvalue weighted by molar-refractivity contribution is 5.76. The van der Waals surface area contributed by atoms with Crippen molar-refractivity contribution in [3.63, 3.8) is 0 Å². The van der Waals surface area contributed by atoms with E-state index in [1.54, 1.807) is 13.8 Å². The third kappa shape index (κ3) is 4.17. The van der Waals surface area contributed by atoms with Crippen LogP contribution in [0.4, 0.5) is 0 Å². The van der Waals surface area contributed by atoms with Crippen LogP contribution in [0.2, 0.25) is 0 Å². The van der Waals surface area contributed by atoms with Gasteiger partial charge < -0.3 is 14.0 Å². The van der Waals surface area contributed by atoms with Gasteiger partial charge in [-0.05, 0) is 26.0 Å². The maximum atomic E-state index is 11.0. The zero-order valence-electron chi connectivity index (χ0n) is 10.9. The number of carbonyl (C=O) groups is 2. The molecular weight excluding hydrogens is 216 g/mol. The number of furan rings is 1. The highest BCUT2D eigenvalue weighted by atomic mass is 16.3. The zero-order valence-corrected chi connectivity index (χ0v) is 10.9. The molecule has 1 rings (SSSR count). The number of ketones is 2. The molecule has 0 saturated heterocycles. The molecule has 0 radical (unpaired) electrons. The topological polar surface area (TPSA) is 47.3 Å². The molecule has 1 heterocycles. The van der Waals surface area contributed by atoms with E-state index >= 15 is 0 Å². The Kier molecular flexibility index (Phi) is 4.67. The van der Waals surface area contributed by atoms with E-state index in [-0.39, 0.29) is 23.4 Å². The fraction of sp³-hybridized carbons (Fsp3) is 0.571. The summed E-state index contributed by atoms with van der Waals surface area (Å²) in [5, 5.41) is 0. The average molecular weight is 236 g/mol. The number of hydrogen-bond donors (Lipinski definition) is 0. The van der Waals surface area contributed by atoms with E-state index in [0.29, 0.717) is 12.8 Å². The number of hydrogen-bond acceptors (Lipinski definition) is 3. The van der Waals surface area contributed by atoms with Gasteiger partial charge in [0.05, 0.1) is 0 Å². The highest BCUT2D eigenvalue weighted by Gasteiger charge is 2.16. The normalized spacial score (nSPS) is 14.4. The van der Waals surface area contributed by atoms with E-state index < -0.39 is 0 Å². The summed E-state index contributed by atoms with van der Waals surface area (Å²) in [4.78, 5) is 22.1. The van der Waals surface area contributed by atoms with Crippen molar-refractivity contribution in [2.45, 2.75) is 52.4 Å². The van der Waals surface area contributed by atoms with E-state index in [1.165, 1.54) is 0 Å². The van der Waals surface area contributed by atoms with Crippen molar-refractivity contribution in [3.05, 3.63) is 23.7 Å². The van der Waals surface area contributed by atoms with Crippen LogP contribution in [-0.2, 0) is 9.59 Å². The molecule has 0 aliphatic heterocycles. The predicted molar refractivity (Wildman–Crippen MR) is 66.1 cm³/mol. The third-order valence-corrected chi connectivity index (χ3v) is 2.81. The van der Waals surface area contributed by atoms with Crippen molar-refractivity contribution in [1.82, 2.24) is 0 Å². The van der Waals surface area contributed by atoms with Crippen LogP contribution in [0.25, 0.3) is 0 Å². The van der Waals surface area contributed by atoms with Gasteiger partial charge >= 0.3 is 0 Å². The summed E-state index contributed by atoms with van der Waals surface area (Å²) in [7, 11) is 0. The molecule has 94 valence electrons. The van der Waals surface area contributed by atoms with Crippen LogP contribution in [0, 0.1) is 0 Å². The van der Waals surface area contributed by atoms with Crippen molar-refractivity contribution < 1.29 is 14.0 Å². The second-order valence-corrected chi connectivity index (χ2v) is 4.85. The molecule has 0 amide bonds.